The number of carbonyl (C=O) groups is 1. The number of nitrogens with one attached hydrogen (secondary N) is 1. The van der Waals surface area contributed by atoms with Gasteiger partial charge in [-0.25, -0.2) is 4.98 Å². The lowest BCUT2D eigenvalue weighted by atomic mass is 10.2. The number of nitrogens with zero attached hydrogens (tertiary/aromatic N) is 2. The molecule has 15 heavy (non-hydrogen) atoms. The highest BCUT2D eigenvalue weighted by molar-refractivity contribution is 5.92. The molecule has 0 saturated carbocycles. The molecule has 1 unspecified atom stereocenters. The van der Waals surface area contributed by atoms with E-state index in [4.69, 9.17) is 6.42 Å². The first kappa shape index (κ1) is 11.2. The summed E-state index contributed by atoms with van der Waals surface area (Å²) in [7, 11) is 0. The van der Waals surface area contributed by atoms with Crippen molar-refractivity contribution in [1.82, 2.24) is 15.3 Å². The number of aryl methyl sites for hydroxylation is 1. The van der Waals surface area contributed by atoms with Gasteiger partial charge in [-0.3, -0.25) is 9.78 Å². The second-order valence-electron chi connectivity index (χ2n) is 3.14. The summed E-state index contributed by atoms with van der Waals surface area (Å²) in [4.78, 5) is 19.5. The van der Waals surface area contributed by atoms with E-state index in [1.54, 1.807) is 6.20 Å². The number of carbonyl (C=O) groups excluding carboxylic acids is 1. The van der Waals surface area contributed by atoms with E-state index in [2.05, 4.69) is 21.2 Å². The molecular weight excluding hydrogens is 190 g/mol. The van der Waals surface area contributed by atoms with E-state index in [-0.39, 0.29) is 17.6 Å². The summed E-state index contributed by atoms with van der Waals surface area (Å²) >= 11 is 0. The number of amides is 1. The first-order valence-corrected chi connectivity index (χ1v) is 4.73. The van der Waals surface area contributed by atoms with Crippen molar-refractivity contribution in [3.05, 3.63) is 23.8 Å². The molecule has 1 rings (SSSR count). The molecular formula is C11H13N3O. The molecule has 1 aromatic heterocycles. The molecule has 1 amide bonds. The molecule has 4 heteroatoms. The molecule has 0 bridgehead atoms. The number of rotatable bonds is 3. The van der Waals surface area contributed by atoms with Crippen LogP contribution in [0.1, 0.15) is 29.5 Å². The van der Waals surface area contributed by atoms with Crippen molar-refractivity contribution in [2.45, 2.75) is 26.3 Å². The van der Waals surface area contributed by atoms with Gasteiger partial charge in [0, 0.05) is 6.20 Å². The van der Waals surface area contributed by atoms with Gasteiger partial charge in [0.05, 0.1) is 17.9 Å². The summed E-state index contributed by atoms with van der Waals surface area (Å²) < 4.78 is 0. The fourth-order valence-corrected chi connectivity index (χ4v) is 1.00. The van der Waals surface area contributed by atoms with Gasteiger partial charge in [-0.05, 0) is 13.3 Å². The predicted molar refractivity (Wildman–Crippen MR) is 57.1 cm³/mol. The highest BCUT2D eigenvalue weighted by Crippen LogP contribution is 1.96. The Hall–Kier alpha value is -1.89. The van der Waals surface area contributed by atoms with Crippen LogP contribution in [-0.4, -0.2) is 21.9 Å². The summed E-state index contributed by atoms with van der Waals surface area (Å²) in [5.74, 6) is 2.20. The minimum absolute atomic E-state index is 0.249. The number of aromatic nitrogens is 2. The Kier molecular flexibility index (Phi) is 3.81. The zero-order chi connectivity index (χ0) is 11.3. The average Bonchev–Trinajstić information content (AvgIpc) is 2.26. The third-order valence-corrected chi connectivity index (χ3v) is 1.93. The van der Waals surface area contributed by atoms with Gasteiger partial charge in [-0.1, -0.05) is 12.8 Å². The van der Waals surface area contributed by atoms with Crippen LogP contribution in [0.25, 0.3) is 0 Å². The molecule has 0 aliphatic heterocycles. The van der Waals surface area contributed by atoms with Crippen molar-refractivity contribution in [2.75, 3.05) is 0 Å². The molecule has 0 spiro atoms. The molecule has 0 aliphatic carbocycles. The Morgan fingerprint density at radius 1 is 1.60 bits per heavy atom. The lowest BCUT2D eigenvalue weighted by Crippen LogP contribution is -2.33. The Balaban J connectivity index is 2.70. The van der Waals surface area contributed by atoms with Crippen molar-refractivity contribution >= 4 is 5.91 Å². The van der Waals surface area contributed by atoms with E-state index in [0.29, 0.717) is 6.42 Å². The monoisotopic (exact) mass is 203 g/mol. The lowest BCUT2D eigenvalue weighted by Gasteiger charge is -2.09. The van der Waals surface area contributed by atoms with Gasteiger partial charge < -0.3 is 5.32 Å². The standard InChI is InChI=1S/C11H13N3O/c1-4-9(5-2)14-11(15)10-7-12-8(3)6-13-10/h1,6-7,9H,5H2,2-3H3,(H,14,15). The van der Waals surface area contributed by atoms with Gasteiger partial charge in [0.15, 0.2) is 0 Å². The third kappa shape index (κ3) is 3.06. The van der Waals surface area contributed by atoms with E-state index in [0.717, 1.165) is 5.69 Å². The zero-order valence-corrected chi connectivity index (χ0v) is 8.82. The largest absolute Gasteiger partial charge is 0.337 e. The van der Waals surface area contributed by atoms with Crippen LogP contribution in [-0.2, 0) is 0 Å². The highest BCUT2D eigenvalue weighted by Gasteiger charge is 2.10. The predicted octanol–water partition coefficient (Wildman–Crippen LogP) is 0.927. The highest BCUT2D eigenvalue weighted by atomic mass is 16.1. The van der Waals surface area contributed by atoms with Crippen molar-refractivity contribution in [2.24, 2.45) is 0 Å². The Labute approximate surface area is 89.1 Å². The topological polar surface area (TPSA) is 54.9 Å². The van der Waals surface area contributed by atoms with Crippen LogP contribution in [0, 0.1) is 19.3 Å². The van der Waals surface area contributed by atoms with Crippen molar-refractivity contribution in [3.63, 3.8) is 0 Å². The first-order valence-electron chi connectivity index (χ1n) is 4.73. The van der Waals surface area contributed by atoms with Gasteiger partial charge in [-0.15, -0.1) is 6.42 Å². The van der Waals surface area contributed by atoms with Gasteiger partial charge in [0.1, 0.15) is 5.69 Å². The molecule has 0 aliphatic rings. The number of hydrogen-bond acceptors (Lipinski definition) is 3. The molecule has 78 valence electrons. The Bertz CT molecular complexity index is 378. The summed E-state index contributed by atoms with van der Waals surface area (Å²) in [5, 5.41) is 2.67. The van der Waals surface area contributed by atoms with Gasteiger partial charge in [0.2, 0.25) is 0 Å². The Morgan fingerprint density at radius 3 is 2.80 bits per heavy atom. The summed E-state index contributed by atoms with van der Waals surface area (Å²) in [6.07, 6.45) is 8.91. The number of terminal acetylenes is 1. The summed E-state index contributed by atoms with van der Waals surface area (Å²) in [6.45, 7) is 3.72. The molecule has 1 heterocycles. The Morgan fingerprint density at radius 2 is 2.33 bits per heavy atom. The van der Waals surface area contributed by atoms with Crippen LogP contribution in [0.15, 0.2) is 12.4 Å². The molecule has 0 saturated heterocycles. The molecule has 4 nitrogen and oxygen atoms in total. The maximum Gasteiger partial charge on any atom is 0.272 e. The van der Waals surface area contributed by atoms with Crippen LogP contribution < -0.4 is 5.32 Å². The van der Waals surface area contributed by atoms with Gasteiger partial charge in [0.25, 0.3) is 5.91 Å². The fraction of sp³-hybridized carbons (Fsp3) is 0.364. The second kappa shape index (κ2) is 5.11. The molecule has 1 N–H and O–H groups in total. The lowest BCUT2D eigenvalue weighted by molar-refractivity contribution is 0.0939. The second-order valence-corrected chi connectivity index (χ2v) is 3.14. The van der Waals surface area contributed by atoms with E-state index in [1.807, 2.05) is 13.8 Å². The number of hydrogen-bond donors (Lipinski definition) is 1. The van der Waals surface area contributed by atoms with Gasteiger partial charge in [-0.2, -0.15) is 0 Å². The van der Waals surface area contributed by atoms with E-state index in [1.165, 1.54) is 6.20 Å². The molecule has 0 radical (unpaired) electrons. The minimum Gasteiger partial charge on any atom is -0.337 e. The summed E-state index contributed by atoms with van der Waals surface area (Å²) in [5.41, 5.74) is 1.06. The first-order chi connectivity index (χ1) is 7.17. The van der Waals surface area contributed by atoms with E-state index >= 15 is 0 Å². The van der Waals surface area contributed by atoms with Crippen LogP contribution >= 0.6 is 0 Å². The smallest absolute Gasteiger partial charge is 0.272 e. The molecule has 1 atom stereocenters. The SMILES string of the molecule is C#CC(CC)NC(=O)c1cnc(C)cn1. The van der Waals surface area contributed by atoms with Crippen LogP contribution in [0.3, 0.4) is 0 Å². The van der Waals surface area contributed by atoms with Crippen LogP contribution in [0.4, 0.5) is 0 Å². The maximum atomic E-state index is 11.6. The minimum atomic E-state index is -0.285. The quantitative estimate of drug-likeness (QED) is 0.743. The van der Waals surface area contributed by atoms with Gasteiger partial charge >= 0.3 is 0 Å². The summed E-state index contributed by atoms with van der Waals surface area (Å²) in [6, 6.07) is -0.249. The molecule has 0 fully saturated rings. The average molecular weight is 203 g/mol. The normalized spacial score (nSPS) is 11.5. The third-order valence-electron chi connectivity index (χ3n) is 1.93. The van der Waals surface area contributed by atoms with E-state index < -0.39 is 0 Å². The van der Waals surface area contributed by atoms with E-state index in [9.17, 15) is 4.79 Å². The fourth-order valence-electron chi connectivity index (χ4n) is 1.00. The van der Waals surface area contributed by atoms with Crippen molar-refractivity contribution in [1.29, 1.82) is 0 Å². The molecule has 1 aromatic rings. The molecule has 0 aromatic carbocycles. The van der Waals surface area contributed by atoms with Crippen molar-refractivity contribution in [3.8, 4) is 12.3 Å². The van der Waals surface area contributed by atoms with Crippen LogP contribution in [0.2, 0.25) is 0 Å². The van der Waals surface area contributed by atoms with Crippen molar-refractivity contribution < 1.29 is 4.79 Å². The maximum absolute atomic E-state index is 11.6. The van der Waals surface area contributed by atoms with Crippen LogP contribution in [0.5, 0.6) is 0 Å². The zero-order valence-electron chi connectivity index (χ0n) is 8.82.